The van der Waals surface area contributed by atoms with Crippen LogP contribution in [0.2, 0.25) is 0 Å². The van der Waals surface area contributed by atoms with Gasteiger partial charge in [-0.15, -0.1) is 0 Å². The molecule has 0 radical (unpaired) electrons. The normalized spacial score (nSPS) is 12.9. The molecule has 0 atom stereocenters. The number of carbonyl (C=O) groups is 1. The molecule has 0 rings (SSSR count). The van der Waals surface area contributed by atoms with Crippen molar-refractivity contribution in [3.05, 3.63) is 0 Å². The highest BCUT2D eigenvalue weighted by atomic mass is 19.3. The summed E-state index contributed by atoms with van der Waals surface area (Å²) in [5.41, 5.74) is 0. The third kappa shape index (κ3) is 4.38. The first-order valence-electron chi connectivity index (χ1n) is 3.52. The maximum absolute atomic E-state index is 12.3. The zero-order valence-electron chi connectivity index (χ0n) is 6.94. The van der Waals surface area contributed by atoms with Gasteiger partial charge in [0, 0.05) is 0 Å². The Morgan fingerprint density at radius 2 is 1.71 bits per heavy atom. The third-order valence-electron chi connectivity index (χ3n) is 1.27. The van der Waals surface area contributed by atoms with Crippen LogP contribution in [0.3, 0.4) is 0 Å². The van der Waals surface area contributed by atoms with Crippen molar-refractivity contribution in [2.75, 3.05) is 19.7 Å². The Bertz CT molecular complexity index is 209. The summed E-state index contributed by atoms with van der Waals surface area (Å²) in [5.74, 6) is -10.0. The highest BCUT2D eigenvalue weighted by Gasteiger charge is 2.39. The van der Waals surface area contributed by atoms with Crippen LogP contribution in [0.5, 0.6) is 0 Å². The van der Waals surface area contributed by atoms with Gasteiger partial charge in [-0.25, -0.2) is 13.6 Å². The van der Waals surface area contributed by atoms with Gasteiger partial charge in [0.15, 0.2) is 0 Å². The van der Waals surface area contributed by atoms with Crippen molar-refractivity contribution in [1.29, 1.82) is 0 Å². The molecule has 0 fully saturated rings. The summed E-state index contributed by atoms with van der Waals surface area (Å²) in [7, 11) is 0. The maximum Gasteiger partial charge on any atom is 0.375 e. The fourth-order valence-electron chi connectivity index (χ4n) is 0.534. The van der Waals surface area contributed by atoms with E-state index >= 15 is 0 Å². The molecule has 0 amide bonds. The van der Waals surface area contributed by atoms with Crippen LogP contribution in [0, 0.1) is 0 Å². The average molecular weight is 219 g/mol. The Morgan fingerprint density at radius 1 is 1.21 bits per heavy atom. The second-order valence-electron chi connectivity index (χ2n) is 2.63. The second kappa shape index (κ2) is 4.56. The number of hydrogen-bond donors (Lipinski definition) is 3. The van der Waals surface area contributed by atoms with Crippen LogP contribution in [0.15, 0.2) is 0 Å². The van der Waals surface area contributed by atoms with Crippen LogP contribution in [0.1, 0.15) is 0 Å². The minimum absolute atomic E-state index is 1.20. The summed E-state index contributed by atoms with van der Waals surface area (Å²) in [6, 6.07) is 0. The van der Waals surface area contributed by atoms with Gasteiger partial charge in [-0.2, -0.15) is 8.78 Å². The zero-order valence-corrected chi connectivity index (χ0v) is 6.94. The molecule has 0 saturated heterocycles. The summed E-state index contributed by atoms with van der Waals surface area (Å²) in [4.78, 5) is 9.82. The van der Waals surface area contributed by atoms with Gasteiger partial charge in [-0.1, -0.05) is 0 Å². The Kier molecular flexibility index (Phi) is 4.27. The lowest BCUT2D eigenvalue weighted by molar-refractivity contribution is -0.164. The molecule has 0 heterocycles. The van der Waals surface area contributed by atoms with Crippen LogP contribution in [-0.4, -0.2) is 47.7 Å². The average Bonchev–Trinajstić information content (AvgIpc) is 2.03. The van der Waals surface area contributed by atoms with Gasteiger partial charge >= 0.3 is 11.9 Å². The van der Waals surface area contributed by atoms with Crippen LogP contribution in [0.4, 0.5) is 17.6 Å². The number of hydrogen-bond acceptors (Lipinski definition) is 3. The van der Waals surface area contributed by atoms with Gasteiger partial charge in [0.05, 0.1) is 13.1 Å². The molecule has 0 saturated carbocycles. The third-order valence-corrected chi connectivity index (χ3v) is 1.27. The highest BCUT2D eigenvalue weighted by Crippen LogP contribution is 2.14. The van der Waals surface area contributed by atoms with E-state index in [9.17, 15) is 22.4 Å². The number of aliphatic hydroxyl groups is 1. The molecule has 0 aromatic rings. The van der Waals surface area contributed by atoms with Crippen LogP contribution >= 0.6 is 0 Å². The lowest BCUT2D eigenvalue weighted by Gasteiger charge is -2.16. The van der Waals surface area contributed by atoms with E-state index in [1.165, 1.54) is 0 Å². The van der Waals surface area contributed by atoms with Gasteiger partial charge in [0.25, 0.3) is 5.92 Å². The Morgan fingerprint density at radius 3 is 2.07 bits per heavy atom. The summed E-state index contributed by atoms with van der Waals surface area (Å²) >= 11 is 0. The molecule has 4 nitrogen and oxygen atoms in total. The molecular formula is C6H9F4NO3. The van der Waals surface area contributed by atoms with Crippen molar-refractivity contribution < 1.29 is 32.6 Å². The molecule has 0 aliphatic carbocycles. The standard InChI is InChI=1S/C6H9F4NO3/c7-5(8,3-12)1-11-2-6(9,10)4(13)14/h11-12H,1-3H2,(H,13,14). The Balaban J connectivity index is 3.91. The molecule has 84 valence electrons. The van der Waals surface area contributed by atoms with Crippen molar-refractivity contribution in [2.24, 2.45) is 0 Å². The van der Waals surface area contributed by atoms with Gasteiger partial charge in [-0.05, 0) is 0 Å². The number of rotatable bonds is 6. The van der Waals surface area contributed by atoms with Gasteiger partial charge in [0.2, 0.25) is 0 Å². The Labute approximate surface area is 76.5 Å². The minimum atomic E-state index is -4.09. The number of halogens is 4. The number of aliphatic carboxylic acids is 1. The van der Waals surface area contributed by atoms with Gasteiger partial charge in [0.1, 0.15) is 6.61 Å². The number of carboxylic acid groups (broad SMARTS) is 1. The lowest BCUT2D eigenvalue weighted by atomic mass is 10.3. The van der Waals surface area contributed by atoms with Crippen molar-refractivity contribution in [3.8, 4) is 0 Å². The number of carboxylic acids is 1. The fourth-order valence-corrected chi connectivity index (χ4v) is 0.534. The molecular weight excluding hydrogens is 210 g/mol. The lowest BCUT2D eigenvalue weighted by Crippen LogP contribution is -2.44. The van der Waals surface area contributed by atoms with E-state index in [0.717, 1.165) is 0 Å². The topological polar surface area (TPSA) is 69.6 Å². The van der Waals surface area contributed by atoms with Gasteiger partial charge < -0.3 is 15.5 Å². The van der Waals surface area contributed by atoms with E-state index in [1.54, 1.807) is 5.32 Å². The van der Waals surface area contributed by atoms with Crippen LogP contribution in [-0.2, 0) is 4.79 Å². The first kappa shape index (κ1) is 13.1. The van der Waals surface area contributed by atoms with E-state index in [-0.39, 0.29) is 0 Å². The molecule has 0 spiro atoms. The molecule has 8 heteroatoms. The molecule has 0 aromatic heterocycles. The van der Waals surface area contributed by atoms with Crippen molar-refractivity contribution in [1.82, 2.24) is 5.32 Å². The molecule has 0 aromatic carbocycles. The van der Waals surface area contributed by atoms with Crippen LogP contribution < -0.4 is 5.32 Å². The molecule has 3 N–H and O–H groups in total. The molecule has 0 aliphatic heterocycles. The van der Waals surface area contributed by atoms with Crippen molar-refractivity contribution in [2.45, 2.75) is 11.8 Å². The monoisotopic (exact) mass is 219 g/mol. The fraction of sp³-hybridized carbons (Fsp3) is 0.833. The number of nitrogens with one attached hydrogen (secondary N) is 1. The van der Waals surface area contributed by atoms with Crippen LogP contribution in [0.25, 0.3) is 0 Å². The summed E-state index contributed by atoms with van der Waals surface area (Å²) < 4.78 is 49.0. The predicted molar refractivity (Wildman–Crippen MR) is 37.5 cm³/mol. The van der Waals surface area contributed by atoms with E-state index < -0.39 is 37.5 Å². The SMILES string of the molecule is O=C(O)C(F)(F)CNCC(F)(F)CO. The smallest absolute Gasteiger partial charge is 0.375 e. The van der Waals surface area contributed by atoms with Crippen molar-refractivity contribution in [3.63, 3.8) is 0 Å². The van der Waals surface area contributed by atoms with Crippen molar-refractivity contribution >= 4 is 5.97 Å². The largest absolute Gasteiger partial charge is 0.477 e. The predicted octanol–water partition coefficient (Wildman–Crippen LogP) is -0.0765. The molecule has 14 heavy (non-hydrogen) atoms. The van der Waals surface area contributed by atoms with Gasteiger partial charge in [-0.3, -0.25) is 0 Å². The second-order valence-corrected chi connectivity index (χ2v) is 2.63. The quantitative estimate of drug-likeness (QED) is 0.546. The molecule has 0 aliphatic rings. The zero-order chi connectivity index (χ0) is 11.4. The van der Waals surface area contributed by atoms with E-state index in [4.69, 9.17) is 10.2 Å². The minimum Gasteiger partial charge on any atom is -0.477 e. The van der Waals surface area contributed by atoms with E-state index in [0.29, 0.717) is 0 Å². The summed E-state index contributed by atoms with van der Waals surface area (Å²) in [6.07, 6.45) is 0. The summed E-state index contributed by atoms with van der Waals surface area (Å²) in [6.45, 7) is -4.09. The number of alkyl halides is 4. The Hall–Kier alpha value is -0.890. The first-order chi connectivity index (χ1) is 6.21. The number of aliphatic hydroxyl groups excluding tert-OH is 1. The summed E-state index contributed by atoms with van der Waals surface area (Å²) in [5, 5.41) is 17.5. The molecule has 0 bridgehead atoms. The molecule has 0 unspecified atom stereocenters. The maximum atomic E-state index is 12.3. The van der Waals surface area contributed by atoms with E-state index in [2.05, 4.69) is 0 Å². The first-order valence-corrected chi connectivity index (χ1v) is 3.52. The highest BCUT2D eigenvalue weighted by molar-refractivity contribution is 5.75. The van der Waals surface area contributed by atoms with E-state index in [1.807, 2.05) is 0 Å².